The molecule has 0 fully saturated rings. The van der Waals surface area contributed by atoms with Gasteiger partial charge in [0.2, 0.25) is 5.91 Å². The number of benzene rings is 1. The van der Waals surface area contributed by atoms with Crippen LogP contribution in [0.2, 0.25) is 0 Å². The second-order valence-electron chi connectivity index (χ2n) is 5.45. The minimum absolute atomic E-state index is 0.00360. The molecular formula is C16H24FNO5S. The Kier molecular flexibility index (Phi) is 8.30. The summed E-state index contributed by atoms with van der Waals surface area (Å²) in [7, 11) is -0.614. The number of ether oxygens (including phenoxy) is 2. The lowest BCUT2D eigenvalue weighted by atomic mass is 10.2. The molecule has 1 unspecified atom stereocenters. The zero-order valence-corrected chi connectivity index (χ0v) is 15.0. The highest BCUT2D eigenvalue weighted by Crippen LogP contribution is 2.16. The fraction of sp³-hybridized carbons (Fsp3) is 0.562. The first-order chi connectivity index (χ1) is 11.3. The van der Waals surface area contributed by atoms with Crippen LogP contribution in [0.15, 0.2) is 29.2 Å². The van der Waals surface area contributed by atoms with E-state index in [0.717, 1.165) is 12.1 Å². The van der Waals surface area contributed by atoms with Crippen molar-refractivity contribution in [1.29, 1.82) is 0 Å². The number of sulfone groups is 1. The molecule has 1 amide bonds. The van der Waals surface area contributed by atoms with Gasteiger partial charge in [-0.25, -0.2) is 12.8 Å². The summed E-state index contributed by atoms with van der Waals surface area (Å²) in [5.74, 6) is -1.86. The van der Waals surface area contributed by atoms with Gasteiger partial charge in [0.25, 0.3) is 0 Å². The zero-order chi connectivity index (χ0) is 18.2. The molecule has 1 rings (SSSR count). The van der Waals surface area contributed by atoms with Crippen molar-refractivity contribution >= 4 is 15.7 Å². The van der Waals surface area contributed by atoms with Crippen LogP contribution in [0.1, 0.15) is 6.92 Å². The number of halogens is 1. The van der Waals surface area contributed by atoms with E-state index in [-0.39, 0.29) is 16.6 Å². The number of rotatable bonds is 10. The third-order valence-corrected chi connectivity index (χ3v) is 5.44. The van der Waals surface area contributed by atoms with E-state index in [9.17, 15) is 17.6 Å². The Morgan fingerprint density at radius 3 is 2.08 bits per heavy atom. The molecule has 0 aromatic heterocycles. The molecular weight excluding hydrogens is 337 g/mol. The van der Waals surface area contributed by atoms with Crippen LogP contribution in [0.5, 0.6) is 0 Å². The van der Waals surface area contributed by atoms with E-state index in [2.05, 4.69) is 0 Å². The number of carbonyl (C=O) groups excluding carboxylic acids is 1. The molecule has 0 bridgehead atoms. The summed E-state index contributed by atoms with van der Waals surface area (Å²) in [6.45, 7) is 3.00. The van der Waals surface area contributed by atoms with Crippen molar-refractivity contribution in [3.05, 3.63) is 30.1 Å². The topological polar surface area (TPSA) is 72.9 Å². The van der Waals surface area contributed by atoms with Crippen LogP contribution >= 0.6 is 0 Å². The van der Waals surface area contributed by atoms with Crippen LogP contribution in [-0.4, -0.2) is 65.5 Å². The highest BCUT2D eigenvalue weighted by atomic mass is 32.2. The number of methoxy groups -OCH3 is 2. The molecule has 1 aromatic carbocycles. The van der Waals surface area contributed by atoms with E-state index in [4.69, 9.17) is 9.47 Å². The van der Waals surface area contributed by atoms with Gasteiger partial charge in [0.1, 0.15) is 5.82 Å². The molecule has 0 saturated carbocycles. The maximum absolute atomic E-state index is 12.9. The van der Waals surface area contributed by atoms with E-state index in [1.165, 1.54) is 31.3 Å². The normalized spacial score (nSPS) is 12.8. The Balaban J connectivity index is 2.80. The van der Waals surface area contributed by atoms with Crippen LogP contribution in [0.4, 0.5) is 4.39 Å². The largest absolute Gasteiger partial charge is 0.383 e. The molecule has 1 aromatic rings. The molecule has 0 aliphatic heterocycles. The first-order valence-electron chi connectivity index (χ1n) is 7.56. The lowest BCUT2D eigenvalue weighted by Crippen LogP contribution is -2.41. The van der Waals surface area contributed by atoms with Gasteiger partial charge < -0.3 is 14.4 Å². The number of hydrogen-bond acceptors (Lipinski definition) is 5. The van der Waals surface area contributed by atoms with Crippen molar-refractivity contribution in [3.63, 3.8) is 0 Å². The van der Waals surface area contributed by atoms with Gasteiger partial charge in [-0.3, -0.25) is 4.79 Å². The molecule has 0 heterocycles. The lowest BCUT2D eigenvalue weighted by Gasteiger charge is -2.25. The monoisotopic (exact) mass is 361 g/mol. The van der Waals surface area contributed by atoms with Crippen molar-refractivity contribution in [2.24, 2.45) is 5.92 Å². The molecule has 0 aliphatic carbocycles. The standard InChI is InChI=1S/C16H24FNO5S/c1-13(16(19)18(8-10-22-2)9-11-23-3)12-24(20,21)15-6-4-14(17)5-7-15/h4-7,13H,8-12H2,1-3H3. The zero-order valence-electron chi connectivity index (χ0n) is 14.2. The molecule has 8 heteroatoms. The van der Waals surface area contributed by atoms with Crippen LogP contribution in [0.3, 0.4) is 0 Å². The van der Waals surface area contributed by atoms with Gasteiger partial charge in [0, 0.05) is 33.2 Å². The first-order valence-corrected chi connectivity index (χ1v) is 9.22. The quantitative estimate of drug-likeness (QED) is 0.588. The average Bonchev–Trinajstić information content (AvgIpc) is 2.54. The van der Waals surface area contributed by atoms with Crippen LogP contribution in [0.25, 0.3) is 0 Å². The van der Waals surface area contributed by atoms with Gasteiger partial charge in [-0.15, -0.1) is 0 Å². The third kappa shape index (κ3) is 6.18. The minimum atomic E-state index is -3.67. The van der Waals surface area contributed by atoms with E-state index in [1.807, 2.05) is 0 Å². The van der Waals surface area contributed by atoms with Crippen molar-refractivity contribution in [3.8, 4) is 0 Å². The van der Waals surface area contributed by atoms with Crippen molar-refractivity contribution in [2.45, 2.75) is 11.8 Å². The van der Waals surface area contributed by atoms with Crippen LogP contribution < -0.4 is 0 Å². The van der Waals surface area contributed by atoms with E-state index in [0.29, 0.717) is 26.3 Å². The fourth-order valence-electron chi connectivity index (χ4n) is 2.19. The lowest BCUT2D eigenvalue weighted by molar-refractivity contribution is -0.135. The van der Waals surface area contributed by atoms with E-state index in [1.54, 1.807) is 6.92 Å². The van der Waals surface area contributed by atoms with Crippen molar-refractivity contribution in [2.75, 3.05) is 46.3 Å². The van der Waals surface area contributed by atoms with Gasteiger partial charge in [-0.05, 0) is 24.3 Å². The Morgan fingerprint density at radius 1 is 1.12 bits per heavy atom. The highest BCUT2D eigenvalue weighted by molar-refractivity contribution is 7.91. The minimum Gasteiger partial charge on any atom is -0.383 e. The molecule has 136 valence electrons. The molecule has 0 spiro atoms. The van der Waals surface area contributed by atoms with Crippen LogP contribution in [0, 0.1) is 11.7 Å². The van der Waals surface area contributed by atoms with Gasteiger partial charge in [-0.2, -0.15) is 0 Å². The average molecular weight is 361 g/mol. The van der Waals surface area contributed by atoms with Gasteiger partial charge in [0.05, 0.1) is 23.9 Å². The van der Waals surface area contributed by atoms with E-state index < -0.39 is 21.6 Å². The number of nitrogens with zero attached hydrogens (tertiary/aromatic N) is 1. The Morgan fingerprint density at radius 2 is 1.62 bits per heavy atom. The maximum atomic E-state index is 12.9. The van der Waals surface area contributed by atoms with Crippen molar-refractivity contribution in [1.82, 2.24) is 4.90 Å². The Bertz CT molecular complexity index is 610. The summed E-state index contributed by atoms with van der Waals surface area (Å²) < 4.78 is 47.6. The predicted octanol–water partition coefficient (Wildman–Crippen LogP) is 1.36. The maximum Gasteiger partial charge on any atom is 0.226 e. The smallest absolute Gasteiger partial charge is 0.226 e. The molecule has 0 N–H and O–H groups in total. The summed E-state index contributed by atoms with van der Waals surface area (Å²) in [4.78, 5) is 14.0. The number of carbonyl (C=O) groups is 1. The highest BCUT2D eigenvalue weighted by Gasteiger charge is 2.26. The molecule has 24 heavy (non-hydrogen) atoms. The second kappa shape index (κ2) is 9.71. The summed E-state index contributed by atoms with van der Waals surface area (Å²) in [6.07, 6.45) is 0. The predicted molar refractivity (Wildman–Crippen MR) is 87.9 cm³/mol. The Hall–Kier alpha value is -1.51. The van der Waals surface area contributed by atoms with Crippen molar-refractivity contribution < 1.29 is 27.1 Å². The van der Waals surface area contributed by atoms with Gasteiger partial charge >= 0.3 is 0 Å². The second-order valence-corrected chi connectivity index (χ2v) is 7.48. The molecule has 0 radical (unpaired) electrons. The molecule has 0 aliphatic rings. The van der Waals surface area contributed by atoms with E-state index >= 15 is 0 Å². The summed E-state index contributed by atoms with van der Waals surface area (Å²) >= 11 is 0. The molecule has 0 saturated heterocycles. The SMILES string of the molecule is COCCN(CCOC)C(=O)C(C)CS(=O)(=O)c1ccc(F)cc1. The number of hydrogen-bond donors (Lipinski definition) is 0. The summed E-state index contributed by atoms with van der Waals surface area (Å²) in [5.41, 5.74) is 0. The summed E-state index contributed by atoms with van der Waals surface area (Å²) in [5, 5.41) is 0. The fourth-order valence-corrected chi connectivity index (χ4v) is 3.73. The van der Waals surface area contributed by atoms with Gasteiger partial charge in [0.15, 0.2) is 9.84 Å². The number of amides is 1. The van der Waals surface area contributed by atoms with Gasteiger partial charge in [-0.1, -0.05) is 6.92 Å². The first kappa shape index (κ1) is 20.5. The Labute approximate surface area is 142 Å². The molecule has 6 nitrogen and oxygen atoms in total. The summed E-state index contributed by atoms with van der Waals surface area (Å²) in [6, 6.07) is 4.58. The third-order valence-electron chi connectivity index (χ3n) is 3.51. The van der Waals surface area contributed by atoms with Crippen LogP contribution in [-0.2, 0) is 24.1 Å². The molecule has 1 atom stereocenters.